The first-order valence-electron chi connectivity index (χ1n) is 5.60. The van der Waals surface area contributed by atoms with Gasteiger partial charge in [0.2, 0.25) is 10.0 Å². The van der Waals surface area contributed by atoms with Crippen molar-refractivity contribution in [1.82, 2.24) is 9.62 Å². The topological polar surface area (TPSA) is 49.4 Å². The minimum Gasteiger partial charge on any atom is -0.312 e. The van der Waals surface area contributed by atoms with Gasteiger partial charge in [0.1, 0.15) is 0 Å². The molecule has 0 spiro atoms. The molecule has 2 rings (SSSR count). The molecule has 19 heavy (non-hydrogen) atoms. The van der Waals surface area contributed by atoms with E-state index in [9.17, 15) is 8.42 Å². The predicted octanol–water partition coefficient (Wildman–Crippen LogP) is 2.51. The highest BCUT2D eigenvalue weighted by atomic mass is 79.9. The second kappa shape index (κ2) is 6.74. The zero-order valence-electron chi connectivity index (χ0n) is 10.3. The van der Waals surface area contributed by atoms with Gasteiger partial charge in [0.25, 0.3) is 0 Å². The van der Waals surface area contributed by atoms with Crippen molar-refractivity contribution >= 4 is 50.0 Å². The summed E-state index contributed by atoms with van der Waals surface area (Å²) in [5, 5.41) is 3.72. The van der Waals surface area contributed by atoms with Crippen molar-refractivity contribution in [3.63, 3.8) is 0 Å². The molecule has 0 saturated carbocycles. The lowest BCUT2D eigenvalue weighted by Crippen LogP contribution is -2.51. The van der Waals surface area contributed by atoms with Crippen molar-refractivity contribution in [3.05, 3.63) is 27.7 Å². The average Bonchev–Trinajstić information content (AvgIpc) is 2.32. The molecule has 0 radical (unpaired) electrons. The molecule has 1 N–H and O–H groups in total. The van der Waals surface area contributed by atoms with E-state index < -0.39 is 10.0 Å². The molecule has 0 aromatic heterocycles. The number of nitrogens with one attached hydrogen (secondary N) is 1. The number of halogens is 3. The van der Waals surface area contributed by atoms with Crippen LogP contribution in [0.5, 0.6) is 0 Å². The highest BCUT2D eigenvalue weighted by Crippen LogP contribution is 2.27. The molecule has 1 saturated heterocycles. The fourth-order valence-electron chi connectivity index (χ4n) is 1.90. The van der Waals surface area contributed by atoms with Crippen molar-refractivity contribution in [2.24, 2.45) is 0 Å². The summed E-state index contributed by atoms with van der Waals surface area (Å²) in [6.45, 7) is 3.63. The highest BCUT2D eigenvalue weighted by molar-refractivity contribution is 9.10. The maximum Gasteiger partial charge on any atom is 0.243 e. The first-order chi connectivity index (χ1) is 8.41. The van der Waals surface area contributed by atoms with E-state index in [-0.39, 0.29) is 23.3 Å². The van der Waals surface area contributed by atoms with Crippen molar-refractivity contribution < 1.29 is 8.42 Å². The Morgan fingerprint density at radius 2 is 2.16 bits per heavy atom. The molecular weight excluding hydrogens is 375 g/mol. The Kier molecular flexibility index (Phi) is 6.10. The van der Waals surface area contributed by atoms with Crippen LogP contribution in [-0.2, 0) is 10.0 Å². The van der Waals surface area contributed by atoms with Crippen LogP contribution in [-0.4, -0.2) is 38.4 Å². The molecule has 8 heteroatoms. The minimum atomic E-state index is -3.43. The third-order valence-electron chi connectivity index (χ3n) is 2.86. The number of piperazine rings is 1. The second-order valence-electron chi connectivity index (χ2n) is 4.29. The lowest BCUT2D eigenvalue weighted by atomic mass is 10.3. The van der Waals surface area contributed by atoms with Gasteiger partial charge >= 0.3 is 0 Å². The normalized spacial score (nSPS) is 20.9. The first-order valence-corrected chi connectivity index (χ1v) is 8.21. The Labute approximate surface area is 133 Å². The lowest BCUT2D eigenvalue weighted by Gasteiger charge is -2.31. The molecule has 1 aromatic rings. The highest BCUT2D eigenvalue weighted by Gasteiger charge is 2.28. The third kappa shape index (κ3) is 3.83. The Morgan fingerprint density at radius 3 is 2.74 bits per heavy atom. The molecular formula is C11H15BrCl2N2O2S. The van der Waals surface area contributed by atoms with Crippen LogP contribution in [0.4, 0.5) is 0 Å². The number of hydrogen-bond donors (Lipinski definition) is 1. The Bertz CT molecular complexity index is 554. The molecule has 4 nitrogen and oxygen atoms in total. The molecule has 1 atom stereocenters. The van der Waals surface area contributed by atoms with Gasteiger partial charge in [-0.2, -0.15) is 4.31 Å². The molecule has 0 bridgehead atoms. The van der Waals surface area contributed by atoms with E-state index >= 15 is 0 Å². The largest absolute Gasteiger partial charge is 0.312 e. The quantitative estimate of drug-likeness (QED) is 0.845. The molecule has 1 aliphatic heterocycles. The van der Waals surface area contributed by atoms with E-state index in [1.54, 1.807) is 12.1 Å². The van der Waals surface area contributed by atoms with E-state index in [0.717, 1.165) is 0 Å². The van der Waals surface area contributed by atoms with Crippen LogP contribution in [0.3, 0.4) is 0 Å². The van der Waals surface area contributed by atoms with Crippen LogP contribution in [0.15, 0.2) is 27.6 Å². The zero-order valence-corrected chi connectivity index (χ0v) is 14.2. The molecule has 0 amide bonds. The van der Waals surface area contributed by atoms with Gasteiger partial charge in [0.15, 0.2) is 0 Å². The summed E-state index contributed by atoms with van der Waals surface area (Å²) in [5.41, 5.74) is 0. The monoisotopic (exact) mass is 388 g/mol. The number of benzene rings is 1. The van der Waals surface area contributed by atoms with Gasteiger partial charge < -0.3 is 5.32 Å². The predicted molar refractivity (Wildman–Crippen MR) is 82.6 cm³/mol. The molecule has 1 fully saturated rings. The van der Waals surface area contributed by atoms with Crippen LogP contribution in [0.25, 0.3) is 0 Å². The van der Waals surface area contributed by atoms with Gasteiger partial charge in [0.05, 0.1) is 9.92 Å². The number of nitrogens with zero attached hydrogens (tertiary/aromatic N) is 1. The van der Waals surface area contributed by atoms with E-state index in [1.807, 2.05) is 6.92 Å². The lowest BCUT2D eigenvalue weighted by molar-refractivity contribution is 0.310. The smallest absolute Gasteiger partial charge is 0.243 e. The summed E-state index contributed by atoms with van der Waals surface area (Å²) in [6.07, 6.45) is 0. The fourth-order valence-corrected chi connectivity index (χ4v) is 4.11. The van der Waals surface area contributed by atoms with Crippen molar-refractivity contribution in [3.8, 4) is 0 Å². The minimum absolute atomic E-state index is 0. The number of sulfonamides is 1. The van der Waals surface area contributed by atoms with Gasteiger partial charge in [-0.3, -0.25) is 0 Å². The van der Waals surface area contributed by atoms with Gasteiger partial charge in [-0.15, -0.1) is 12.4 Å². The summed E-state index contributed by atoms with van der Waals surface area (Å²) >= 11 is 9.12. The number of rotatable bonds is 2. The summed E-state index contributed by atoms with van der Waals surface area (Å²) in [4.78, 5) is 0.271. The maximum absolute atomic E-state index is 12.4. The van der Waals surface area contributed by atoms with Crippen LogP contribution in [0, 0.1) is 0 Å². The maximum atomic E-state index is 12.4. The summed E-state index contributed by atoms with van der Waals surface area (Å²) < 4.78 is 27.0. The van der Waals surface area contributed by atoms with Crippen molar-refractivity contribution in [2.45, 2.75) is 17.9 Å². The zero-order chi connectivity index (χ0) is 13.3. The Balaban J connectivity index is 0.00000180. The van der Waals surface area contributed by atoms with Crippen LogP contribution in [0.2, 0.25) is 5.02 Å². The molecule has 1 aromatic carbocycles. The second-order valence-corrected chi connectivity index (χ2v) is 7.49. The number of hydrogen-bond acceptors (Lipinski definition) is 3. The van der Waals surface area contributed by atoms with Gasteiger partial charge in [0, 0.05) is 30.1 Å². The van der Waals surface area contributed by atoms with Gasteiger partial charge in [-0.25, -0.2) is 8.42 Å². The van der Waals surface area contributed by atoms with Crippen LogP contribution < -0.4 is 5.32 Å². The summed E-state index contributed by atoms with van der Waals surface area (Å²) in [7, 11) is -3.43. The van der Waals surface area contributed by atoms with Gasteiger partial charge in [-0.1, -0.05) is 11.6 Å². The standard InChI is InChI=1S/C11H14BrClN2O2S.ClH/c1-8-7-15(5-4-14-8)18(16,17)9-2-3-11(13)10(12)6-9;/h2-3,6,8,14H,4-5,7H2,1H3;1H. The third-order valence-corrected chi connectivity index (χ3v) is 5.94. The van der Waals surface area contributed by atoms with E-state index in [2.05, 4.69) is 21.2 Å². The van der Waals surface area contributed by atoms with E-state index in [1.165, 1.54) is 10.4 Å². The van der Waals surface area contributed by atoms with Crippen LogP contribution in [0.1, 0.15) is 6.92 Å². The first kappa shape index (κ1) is 17.2. The summed E-state index contributed by atoms with van der Waals surface area (Å²) in [6, 6.07) is 4.84. The van der Waals surface area contributed by atoms with E-state index in [4.69, 9.17) is 11.6 Å². The van der Waals surface area contributed by atoms with Crippen LogP contribution >= 0.6 is 39.9 Å². The summed E-state index contributed by atoms with van der Waals surface area (Å²) in [5.74, 6) is 0. The molecule has 1 aliphatic rings. The van der Waals surface area contributed by atoms with Crippen molar-refractivity contribution in [1.29, 1.82) is 0 Å². The molecule has 1 unspecified atom stereocenters. The molecule has 1 heterocycles. The van der Waals surface area contributed by atoms with Gasteiger partial charge in [-0.05, 0) is 41.1 Å². The SMILES string of the molecule is CC1CN(S(=O)(=O)c2ccc(Cl)c(Br)c2)CCN1.Cl. The van der Waals surface area contributed by atoms with E-state index in [0.29, 0.717) is 29.1 Å². The average molecular weight is 390 g/mol. The molecule has 0 aliphatic carbocycles. The fraction of sp³-hybridized carbons (Fsp3) is 0.455. The van der Waals surface area contributed by atoms with Crippen molar-refractivity contribution in [2.75, 3.05) is 19.6 Å². The molecule has 108 valence electrons. The Hall–Kier alpha value is 0.150. The Morgan fingerprint density at radius 1 is 1.47 bits per heavy atom.